The van der Waals surface area contributed by atoms with Gasteiger partial charge in [0.15, 0.2) is 18.1 Å². The molecule has 194 valence electrons. The van der Waals surface area contributed by atoms with Crippen LogP contribution in [0, 0.1) is 6.92 Å². The van der Waals surface area contributed by atoms with Crippen LogP contribution in [0.3, 0.4) is 0 Å². The molecule has 2 N–H and O–H groups in total. The van der Waals surface area contributed by atoms with Crippen LogP contribution in [0.1, 0.15) is 35.3 Å². The maximum absolute atomic E-state index is 12.7. The maximum Gasteiger partial charge on any atom is 0.271 e. The van der Waals surface area contributed by atoms with Gasteiger partial charge in [0, 0.05) is 21.3 Å². The molecule has 3 aromatic rings. The molecule has 0 spiro atoms. The number of hydrazone groups is 1. The Morgan fingerprint density at radius 2 is 1.62 bits per heavy atom. The summed E-state index contributed by atoms with van der Waals surface area (Å²) in [5, 5.41) is 6.87. The molecular formula is C27H27Br2N3O5. The summed E-state index contributed by atoms with van der Waals surface area (Å²) in [6, 6.07) is 16.0. The van der Waals surface area contributed by atoms with E-state index in [4.69, 9.17) is 14.2 Å². The Morgan fingerprint density at radius 1 is 0.919 bits per heavy atom. The third kappa shape index (κ3) is 8.33. The second-order valence-electron chi connectivity index (χ2n) is 7.74. The smallest absolute Gasteiger partial charge is 0.271 e. The quantitative estimate of drug-likeness (QED) is 0.197. The van der Waals surface area contributed by atoms with E-state index in [1.54, 1.807) is 30.3 Å². The van der Waals surface area contributed by atoms with E-state index in [-0.39, 0.29) is 12.5 Å². The molecule has 8 nitrogen and oxygen atoms in total. The van der Waals surface area contributed by atoms with Crippen LogP contribution in [0.15, 0.2) is 68.6 Å². The molecule has 0 aliphatic carbocycles. The number of nitrogens with zero attached hydrogens (tertiary/aromatic N) is 1. The fourth-order valence-corrected chi connectivity index (χ4v) is 4.59. The Hall–Kier alpha value is -3.37. The van der Waals surface area contributed by atoms with Gasteiger partial charge in [-0.15, -0.1) is 0 Å². The Balaban J connectivity index is 1.68. The van der Waals surface area contributed by atoms with Crippen LogP contribution in [0.25, 0.3) is 0 Å². The van der Waals surface area contributed by atoms with E-state index in [0.717, 1.165) is 10.0 Å². The van der Waals surface area contributed by atoms with E-state index < -0.39 is 5.91 Å². The van der Waals surface area contributed by atoms with E-state index in [1.807, 2.05) is 45.0 Å². The largest absolute Gasteiger partial charge is 0.490 e. The second kappa shape index (κ2) is 13.8. The van der Waals surface area contributed by atoms with Gasteiger partial charge in [-0.25, -0.2) is 5.43 Å². The molecule has 0 atom stereocenters. The highest BCUT2D eigenvalue weighted by molar-refractivity contribution is 9.11. The molecule has 10 heteroatoms. The van der Waals surface area contributed by atoms with Gasteiger partial charge in [-0.1, -0.05) is 33.6 Å². The standard InChI is InChI=1S/C27H27Br2N3O5/c1-4-35-23-11-8-18(13-24(23)36-5-2)27(34)32-30-15-19-12-20(28)14-22(29)26(19)37-16-25(33)31-21-9-6-17(3)7-10-21/h6-15H,4-5,16H2,1-3H3,(H,31,33)(H,32,34)/b30-15+. The van der Waals surface area contributed by atoms with E-state index in [1.165, 1.54) is 6.21 Å². The number of rotatable bonds is 11. The van der Waals surface area contributed by atoms with Gasteiger partial charge in [0.25, 0.3) is 11.8 Å². The molecule has 0 unspecified atom stereocenters. The zero-order valence-corrected chi connectivity index (χ0v) is 23.8. The Bertz CT molecular complexity index is 1280. The number of amides is 2. The minimum absolute atomic E-state index is 0.215. The average Bonchev–Trinajstić information content (AvgIpc) is 2.86. The van der Waals surface area contributed by atoms with Crippen LogP contribution in [-0.2, 0) is 4.79 Å². The van der Waals surface area contributed by atoms with Gasteiger partial charge >= 0.3 is 0 Å². The van der Waals surface area contributed by atoms with E-state index >= 15 is 0 Å². The third-order valence-corrected chi connectivity index (χ3v) is 5.94. The number of carbonyl (C=O) groups is 2. The summed E-state index contributed by atoms with van der Waals surface area (Å²) in [5.74, 6) is 0.720. The van der Waals surface area contributed by atoms with Crippen molar-refractivity contribution >= 4 is 55.6 Å². The number of ether oxygens (including phenoxy) is 3. The Kier molecular flexibility index (Phi) is 10.5. The van der Waals surface area contributed by atoms with Crippen LogP contribution in [0.4, 0.5) is 5.69 Å². The summed E-state index contributed by atoms with van der Waals surface area (Å²) < 4.78 is 18.3. The minimum atomic E-state index is -0.422. The van der Waals surface area contributed by atoms with Crippen molar-refractivity contribution in [3.8, 4) is 17.2 Å². The molecule has 0 fully saturated rings. The van der Waals surface area contributed by atoms with Crippen LogP contribution in [0.2, 0.25) is 0 Å². The molecule has 0 saturated carbocycles. The van der Waals surface area contributed by atoms with Crippen LogP contribution >= 0.6 is 31.9 Å². The van der Waals surface area contributed by atoms with E-state index in [9.17, 15) is 9.59 Å². The molecule has 3 aromatic carbocycles. The Morgan fingerprint density at radius 3 is 2.32 bits per heavy atom. The second-order valence-corrected chi connectivity index (χ2v) is 9.51. The molecule has 0 aliphatic heterocycles. The molecular weight excluding hydrogens is 606 g/mol. The first-order chi connectivity index (χ1) is 17.8. The highest BCUT2D eigenvalue weighted by Gasteiger charge is 2.13. The number of anilines is 1. The van der Waals surface area contributed by atoms with Crippen molar-refractivity contribution in [1.29, 1.82) is 0 Å². The number of nitrogens with one attached hydrogen (secondary N) is 2. The lowest BCUT2D eigenvalue weighted by Crippen LogP contribution is -2.21. The van der Waals surface area contributed by atoms with Crippen molar-refractivity contribution in [3.05, 3.63) is 80.2 Å². The number of carbonyl (C=O) groups excluding carboxylic acids is 2. The summed E-state index contributed by atoms with van der Waals surface area (Å²) in [7, 11) is 0. The molecule has 0 aromatic heterocycles. The lowest BCUT2D eigenvalue weighted by atomic mass is 10.2. The molecule has 0 heterocycles. The summed E-state index contributed by atoms with van der Waals surface area (Å²) >= 11 is 6.90. The topological polar surface area (TPSA) is 98.3 Å². The molecule has 0 radical (unpaired) electrons. The lowest BCUT2D eigenvalue weighted by Gasteiger charge is -2.13. The molecule has 0 saturated heterocycles. The maximum atomic E-state index is 12.7. The third-order valence-electron chi connectivity index (χ3n) is 4.90. The van der Waals surface area contributed by atoms with Crippen LogP contribution in [-0.4, -0.2) is 37.8 Å². The summed E-state index contributed by atoms with van der Waals surface area (Å²) in [4.78, 5) is 25.1. The van der Waals surface area contributed by atoms with Crippen molar-refractivity contribution in [2.45, 2.75) is 20.8 Å². The van der Waals surface area contributed by atoms with Crippen molar-refractivity contribution < 1.29 is 23.8 Å². The predicted octanol–water partition coefficient (Wildman–Crippen LogP) is 6.10. The molecule has 2 amide bonds. The number of halogens is 2. The first-order valence-corrected chi connectivity index (χ1v) is 13.1. The van der Waals surface area contributed by atoms with Gasteiger partial charge in [-0.05, 0) is 79.2 Å². The number of aryl methyl sites for hydroxylation is 1. The van der Waals surface area contributed by atoms with Gasteiger partial charge < -0.3 is 19.5 Å². The van der Waals surface area contributed by atoms with Gasteiger partial charge in [-0.2, -0.15) is 5.10 Å². The number of hydrogen-bond acceptors (Lipinski definition) is 6. The minimum Gasteiger partial charge on any atom is -0.490 e. The number of hydrogen-bond donors (Lipinski definition) is 2. The zero-order chi connectivity index (χ0) is 26.8. The normalized spacial score (nSPS) is 10.7. The first kappa shape index (κ1) is 28.2. The van der Waals surface area contributed by atoms with Gasteiger partial charge in [0.1, 0.15) is 5.75 Å². The predicted molar refractivity (Wildman–Crippen MR) is 151 cm³/mol. The first-order valence-electron chi connectivity index (χ1n) is 11.5. The molecule has 0 bridgehead atoms. The van der Waals surface area contributed by atoms with Crippen molar-refractivity contribution in [2.24, 2.45) is 5.10 Å². The van der Waals surface area contributed by atoms with Crippen LogP contribution in [0.5, 0.6) is 17.2 Å². The van der Waals surface area contributed by atoms with Gasteiger partial charge in [0.05, 0.1) is 23.9 Å². The van der Waals surface area contributed by atoms with Crippen molar-refractivity contribution in [2.75, 3.05) is 25.1 Å². The van der Waals surface area contributed by atoms with E-state index in [2.05, 4.69) is 47.7 Å². The molecule has 3 rings (SSSR count). The highest BCUT2D eigenvalue weighted by Crippen LogP contribution is 2.32. The highest BCUT2D eigenvalue weighted by atomic mass is 79.9. The fourth-order valence-electron chi connectivity index (χ4n) is 3.22. The zero-order valence-electron chi connectivity index (χ0n) is 20.6. The number of benzene rings is 3. The van der Waals surface area contributed by atoms with E-state index in [0.29, 0.717) is 51.7 Å². The molecule has 0 aliphatic rings. The van der Waals surface area contributed by atoms with Gasteiger partial charge in [-0.3, -0.25) is 9.59 Å². The SMILES string of the molecule is CCOc1ccc(C(=O)N/N=C/c2cc(Br)cc(Br)c2OCC(=O)Nc2ccc(C)cc2)cc1OCC. The molecule has 37 heavy (non-hydrogen) atoms. The summed E-state index contributed by atoms with van der Waals surface area (Å²) in [5.41, 5.74) is 5.20. The monoisotopic (exact) mass is 631 g/mol. The lowest BCUT2D eigenvalue weighted by molar-refractivity contribution is -0.118. The fraction of sp³-hybridized carbons (Fsp3) is 0.222. The summed E-state index contributed by atoms with van der Waals surface area (Å²) in [6.45, 7) is 6.41. The summed E-state index contributed by atoms with van der Waals surface area (Å²) in [6.07, 6.45) is 1.44. The van der Waals surface area contributed by atoms with Gasteiger partial charge in [0.2, 0.25) is 0 Å². The van der Waals surface area contributed by atoms with Crippen molar-refractivity contribution in [1.82, 2.24) is 5.43 Å². The van der Waals surface area contributed by atoms with Crippen LogP contribution < -0.4 is 25.0 Å². The Labute approximate surface area is 232 Å². The van der Waals surface area contributed by atoms with Crippen molar-refractivity contribution in [3.63, 3.8) is 0 Å². The average molecular weight is 633 g/mol.